The quantitative estimate of drug-likeness (QED) is 0.894. The first-order chi connectivity index (χ1) is 8.64. The number of carboxylic acids is 1. The summed E-state index contributed by atoms with van der Waals surface area (Å²) in [5, 5.41) is 9.22. The lowest BCUT2D eigenvalue weighted by molar-refractivity contribution is -0.147. The van der Waals surface area contributed by atoms with Gasteiger partial charge in [0.25, 0.3) is 0 Å². The maximum Gasteiger partial charge on any atom is 0.416 e. The molecule has 104 valence electrons. The molecule has 0 radical (unpaired) electrons. The van der Waals surface area contributed by atoms with Crippen LogP contribution in [0.4, 0.5) is 13.2 Å². The largest absolute Gasteiger partial charge is 0.481 e. The van der Waals surface area contributed by atoms with Gasteiger partial charge in [0.2, 0.25) is 0 Å². The number of carboxylic acid groups (broad SMARTS) is 1. The topological polar surface area (TPSA) is 37.3 Å². The van der Waals surface area contributed by atoms with Crippen LogP contribution >= 0.6 is 11.8 Å². The van der Waals surface area contributed by atoms with Crippen LogP contribution in [0.5, 0.6) is 0 Å². The fourth-order valence-electron chi connectivity index (χ4n) is 2.14. The molecule has 1 aromatic rings. The molecule has 1 unspecified atom stereocenters. The zero-order valence-corrected chi connectivity index (χ0v) is 11.2. The van der Waals surface area contributed by atoms with Crippen molar-refractivity contribution in [3.05, 3.63) is 29.3 Å². The van der Waals surface area contributed by atoms with Gasteiger partial charge in [0.15, 0.2) is 0 Å². The number of rotatable bonds is 2. The molecule has 0 aromatic heterocycles. The van der Waals surface area contributed by atoms with Crippen molar-refractivity contribution in [1.29, 1.82) is 0 Å². The Morgan fingerprint density at radius 2 is 2.00 bits per heavy atom. The molecule has 1 heterocycles. The van der Waals surface area contributed by atoms with Crippen LogP contribution < -0.4 is 0 Å². The third-order valence-electron chi connectivity index (χ3n) is 3.54. The molecule has 0 saturated heterocycles. The van der Waals surface area contributed by atoms with Gasteiger partial charge in [0.1, 0.15) is 0 Å². The van der Waals surface area contributed by atoms with Gasteiger partial charge in [0, 0.05) is 16.6 Å². The minimum atomic E-state index is -4.40. The molecule has 0 bridgehead atoms. The lowest BCUT2D eigenvalue weighted by atomic mass is 9.76. The normalized spacial score (nSPS) is 19.3. The molecule has 0 spiro atoms. The Bertz CT molecular complexity index is 523. The summed E-state index contributed by atoms with van der Waals surface area (Å²) in [6, 6.07) is 3.56. The van der Waals surface area contributed by atoms with Crippen molar-refractivity contribution in [3.8, 4) is 0 Å². The van der Waals surface area contributed by atoms with E-state index < -0.39 is 29.0 Å². The Kier molecular flexibility index (Phi) is 3.33. The molecular formula is C13H13F3O2S. The van der Waals surface area contributed by atoms with E-state index in [0.717, 1.165) is 17.0 Å². The number of fused-ring (bicyclic) bond motifs is 1. The van der Waals surface area contributed by atoms with E-state index in [1.54, 1.807) is 13.8 Å². The van der Waals surface area contributed by atoms with E-state index in [1.807, 2.05) is 0 Å². The molecule has 0 fully saturated rings. The van der Waals surface area contributed by atoms with Crippen molar-refractivity contribution in [1.82, 2.24) is 0 Å². The van der Waals surface area contributed by atoms with E-state index in [1.165, 1.54) is 17.8 Å². The fraction of sp³-hybridized carbons (Fsp3) is 0.462. The summed E-state index contributed by atoms with van der Waals surface area (Å²) in [5.41, 5.74) is -1.31. The highest BCUT2D eigenvalue weighted by Gasteiger charge is 2.43. The summed E-state index contributed by atoms with van der Waals surface area (Å²) in [7, 11) is 0. The van der Waals surface area contributed by atoms with E-state index in [-0.39, 0.29) is 0 Å². The number of carbonyl (C=O) groups is 1. The molecule has 6 heteroatoms. The van der Waals surface area contributed by atoms with Gasteiger partial charge in [-0.1, -0.05) is 0 Å². The van der Waals surface area contributed by atoms with Crippen molar-refractivity contribution in [2.45, 2.75) is 30.8 Å². The number of hydrogen-bond donors (Lipinski definition) is 1. The minimum Gasteiger partial charge on any atom is -0.481 e. The van der Waals surface area contributed by atoms with E-state index in [4.69, 9.17) is 0 Å². The maximum atomic E-state index is 12.7. The number of halogens is 3. The summed E-state index contributed by atoms with van der Waals surface area (Å²) in [5.74, 6) is -0.911. The molecule has 19 heavy (non-hydrogen) atoms. The average molecular weight is 290 g/mol. The van der Waals surface area contributed by atoms with Crippen molar-refractivity contribution in [3.63, 3.8) is 0 Å². The highest BCUT2D eigenvalue weighted by Crippen LogP contribution is 2.49. The number of thioether (sulfide) groups is 1. The molecule has 2 nitrogen and oxygen atoms in total. The first-order valence-corrected chi connectivity index (χ1v) is 6.70. The molecular weight excluding hydrogens is 277 g/mol. The van der Waals surface area contributed by atoms with Crippen LogP contribution in [0.2, 0.25) is 0 Å². The molecule has 1 aliphatic heterocycles. The second kappa shape index (κ2) is 4.44. The number of hydrogen-bond acceptors (Lipinski definition) is 2. The summed E-state index contributed by atoms with van der Waals surface area (Å²) >= 11 is 1.41. The second-order valence-corrected chi connectivity index (χ2v) is 6.20. The molecule has 0 saturated carbocycles. The predicted octanol–water partition coefficient (Wildman–Crippen LogP) is 4.01. The molecule has 1 aliphatic rings. The van der Waals surface area contributed by atoms with Crippen LogP contribution in [0.3, 0.4) is 0 Å². The van der Waals surface area contributed by atoms with Gasteiger partial charge in [-0.15, -0.1) is 11.8 Å². The van der Waals surface area contributed by atoms with Gasteiger partial charge >= 0.3 is 12.1 Å². The third kappa shape index (κ3) is 2.45. The van der Waals surface area contributed by atoms with Gasteiger partial charge in [-0.3, -0.25) is 4.79 Å². The van der Waals surface area contributed by atoms with Crippen molar-refractivity contribution in [2.75, 3.05) is 5.75 Å². The van der Waals surface area contributed by atoms with Crippen LogP contribution in [0.25, 0.3) is 0 Å². The van der Waals surface area contributed by atoms with E-state index in [2.05, 4.69) is 0 Å². The minimum absolute atomic E-state index is 0.410. The van der Waals surface area contributed by atoms with E-state index >= 15 is 0 Å². The van der Waals surface area contributed by atoms with Gasteiger partial charge in [-0.25, -0.2) is 0 Å². The zero-order chi connectivity index (χ0) is 14.4. The van der Waals surface area contributed by atoms with Crippen LogP contribution in [-0.2, 0) is 11.0 Å². The summed E-state index contributed by atoms with van der Waals surface area (Å²) in [4.78, 5) is 12.0. The zero-order valence-electron chi connectivity index (χ0n) is 10.4. The van der Waals surface area contributed by atoms with Crippen LogP contribution in [0, 0.1) is 5.41 Å². The van der Waals surface area contributed by atoms with Gasteiger partial charge < -0.3 is 5.11 Å². The second-order valence-electron chi connectivity index (χ2n) is 5.14. The number of aliphatic carboxylic acids is 1. The Morgan fingerprint density at radius 3 is 2.53 bits per heavy atom. The Balaban J connectivity index is 2.47. The lowest BCUT2D eigenvalue weighted by Gasteiger charge is -2.27. The summed E-state index contributed by atoms with van der Waals surface area (Å²) in [6.45, 7) is 3.10. The SMILES string of the molecule is CC(C)(C(=O)O)C1CSc2ccc(C(F)(F)F)cc21. The highest BCUT2D eigenvalue weighted by molar-refractivity contribution is 7.99. The predicted molar refractivity (Wildman–Crippen MR) is 66.3 cm³/mol. The summed E-state index contributed by atoms with van der Waals surface area (Å²) in [6.07, 6.45) is -4.40. The highest BCUT2D eigenvalue weighted by atomic mass is 32.2. The molecule has 2 rings (SSSR count). The molecule has 0 amide bonds. The van der Waals surface area contributed by atoms with Gasteiger partial charge in [-0.05, 0) is 37.6 Å². The Morgan fingerprint density at radius 1 is 1.37 bits per heavy atom. The number of alkyl halides is 3. The van der Waals surface area contributed by atoms with Crippen LogP contribution in [0.1, 0.15) is 30.9 Å². The third-order valence-corrected chi connectivity index (χ3v) is 4.72. The average Bonchev–Trinajstić information content (AvgIpc) is 2.70. The van der Waals surface area contributed by atoms with Gasteiger partial charge in [-0.2, -0.15) is 13.2 Å². The number of benzene rings is 1. The van der Waals surface area contributed by atoms with Crippen molar-refractivity contribution < 1.29 is 23.1 Å². The van der Waals surface area contributed by atoms with Crippen molar-refractivity contribution >= 4 is 17.7 Å². The standard InChI is InChI=1S/C13H13F3O2S/c1-12(2,11(17)18)9-6-19-10-4-3-7(5-8(9)10)13(14,15)16/h3-5,9H,6H2,1-2H3,(H,17,18). The fourth-order valence-corrected chi connectivity index (χ4v) is 3.61. The molecule has 1 N–H and O–H groups in total. The van der Waals surface area contributed by atoms with E-state index in [0.29, 0.717) is 11.3 Å². The monoisotopic (exact) mass is 290 g/mol. The maximum absolute atomic E-state index is 12.7. The summed E-state index contributed by atoms with van der Waals surface area (Å²) < 4.78 is 38.1. The first kappa shape index (κ1) is 14.2. The molecule has 1 atom stereocenters. The lowest BCUT2D eigenvalue weighted by Crippen LogP contribution is -2.31. The molecule has 0 aliphatic carbocycles. The van der Waals surface area contributed by atoms with Gasteiger partial charge in [0.05, 0.1) is 11.0 Å². The van der Waals surface area contributed by atoms with Crippen LogP contribution in [-0.4, -0.2) is 16.8 Å². The Labute approximate surface area is 113 Å². The Hall–Kier alpha value is -1.17. The first-order valence-electron chi connectivity index (χ1n) is 5.71. The molecule has 1 aromatic carbocycles. The smallest absolute Gasteiger partial charge is 0.416 e. The van der Waals surface area contributed by atoms with E-state index in [9.17, 15) is 23.1 Å². The van der Waals surface area contributed by atoms with Crippen molar-refractivity contribution in [2.24, 2.45) is 5.41 Å². The van der Waals surface area contributed by atoms with Crippen LogP contribution in [0.15, 0.2) is 23.1 Å².